The second kappa shape index (κ2) is 4.82. The first-order valence-corrected chi connectivity index (χ1v) is 8.36. The van der Waals surface area contributed by atoms with E-state index >= 15 is 0 Å². The molecule has 20 heavy (non-hydrogen) atoms. The molecule has 0 saturated heterocycles. The zero-order valence-corrected chi connectivity index (χ0v) is 11.9. The molecule has 3 nitrogen and oxygen atoms in total. The summed E-state index contributed by atoms with van der Waals surface area (Å²) in [4.78, 5) is 0. The summed E-state index contributed by atoms with van der Waals surface area (Å²) in [6, 6.07) is 0. The van der Waals surface area contributed by atoms with Crippen LogP contribution in [0.15, 0.2) is 12.2 Å². The van der Waals surface area contributed by atoms with Crippen molar-refractivity contribution in [3.8, 4) is 0 Å². The van der Waals surface area contributed by atoms with Crippen molar-refractivity contribution >= 4 is 0 Å². The standard InChI is InChI=1S/C17H26O3/c18-13(3-4-15(19)20)7-11-6-12-8-14(11)17-10-2-1-9(5-10)16(12)17/h1-2,9-20H,3-8H2. The van der Waals surface area contributed by atoms with Crippen LogP contribution in [0.3, 0.4) is 0 Å². The second-order valence-electron chi connectivity index (χ2n) is 7.71. The third kappa shape index (κ3) is 1.98. The molecule has 4 aliphatic carbocycles. The molecule has 3 fully saturated rings. The molecule has 8 atom stereocenters. The lowest BCUT2D eigenvalue weighted by Crippen LogP contribution is -2.32. The van der Waals surface area contributed by atoms with Gasteiger partial charge in [0.15, 0.2) is 6.29 Å². The number of hydrogen-bond donors (Lipinski definition) is 3. The summed E-state index contributed by atoms with van der Waals surface area (Å²) in [7, 11) is 0. The zero-order valence-electron chi connectivity index (χ0n) is 11.9. The number of fused-ring (bicyclic) bond motifs is 9. The van der Waals surface area contributed by atoms with E-state index in [4.69, 9.17) is 10.2 Å². The predicted octanol–water partition coefficient (Wildman–Crippen LogP) is 1.92. The van der Waals surface area contributed by atoms with Gasteiger partial charge >= 0.3 is 0 Å². The van der Waals surface area contributed by atoms with Crippen molar-refractivity contribution in [2.45, 2.75) is 50.9 Å². The van der Waals surface area contributed by atoms with Gasteiger partial charge in [-0.15, -0.1) is 0 Å². The van der Waals surface area contributed by atoms with Crippen LogP contribution in [0.5, 0.6) is 0 Å². The van der Waals surface area contributed by atoms with Crippen molar-refractivity contribution in [1.82, 2.24) is 0 Å². The first kappa shape index (κ1) is 13.3. The maximum absolute atomic E-state index is 10.1. The molecule has 8 unspecified atom stereocenters. The smallest absolute Gasteiger partial charge is 0.151 e. The number of aliphatic hydroxyl groups excluding tert-OH is 2. The molecule has 4 rings (SSSR count). The number of rotatable bonds is 5. The summed E-state index contributed by atoms with van der Waals surface area (Å²) in [6.45, 7) is 0. The summed E-state index contributed by atoms with van der Waals surface area (Å²) in [5.41, 5.74) is 0. The monoisotopic (exact) mass is 278 g/mol. The third-order valence-corrected chi connectivity index (χ3v) is 6.74. The Labute approximate surface area is 120 Å². The fraction of sp³-hybridized carbons (Fsp3) is 0.882. The quantitative estimate of drug-likeness (QED) is 0.409. The fourth-order valence-electron chi connectivity index (χ4n) is 6.23. The van der Waals surface area contributed by atoms with E-state index in [2.05, 4.69) is 12.2 Å². The van der Waals surface area contributed by atoms with Crippen molar-refractivity contribution in [2.75, 3.05) is 0 Å². The van der Waals surface area contributed by atoms with E-state index in [-0.39, 0.29) is 6.10 Å². The van der Waals surface area contributed by atoms with E-state index in [9.17, 15) is 5.11 Å². The highest BCUT2D eigenvalue weighted by molar-refractivity contribution is 5.20. The number of allylic oxidation sites excluding steroid dienone is 2. The van der Waals surface area contributed by atoms with Crippen LogP contribution in [-0.2, 0) is 0 Å². The SMILES string of the molecule is OC(O)CCC(O)CC1CC2CC1C1C3C=CC(C3)C21. The van der Waals surface area contributed by atoms with Gasteiger partial charge in [-0.2, -0.15) is 0 Å². The Balaban J connectivity index is 1.37. The third-order valence-electron chi connectivity index (χ3n) is 6.74. The molecule has 0 aromatic heterocycles. The van der Waals surface area contributed by atoms with Crippen molar-refractivity contribution in [3.63, 3.8) is 0 Å². The van der Waals surface area contributed by atoms with E-state index in [1.54, 1.807) is 0 Å². The van der Waals surface area contributed by atoms with Gasteiger partial charge in [-0.25, -0.2) is 0 Å². The highest BCUT2D eigenvalue weighted by Gasteiger charge is 2.60. The van der Waals surface area contributed by atoms with Crippen LogP contribution in [0.4, 0.5) is 0 Å². The molecule has 0 amide bonds. The second-order valence-corrected chi connectivity index (χ2v) is 7.71. The predicted molar refractivity (Wildman–Crippen MR) is 75.5 cm³/mol. The summed E-state index contributed by atoms with van der Waals surface area (Å²) < 4.78 is 0. The Bertz CT molecular complexity index is 405. The van der Waals surface area contributed by atoms with E-state index in [0.29, 0.717) is 18.8 Å². The van der Waals surface area contributed by atoms with Gasteiger partial charge in [-0.05, 0) is 73.5 Å². The van der Waals surface area contributed by atoms with Gasteiger partial charge < -0.3 is 15.3 Å². The fourth-order valence-corrected chi connectivity index (χ4v) is 6.23. The average molecular weight is 278 g/mol. The molecular formula is C17H26O3. The van der Waals surface area contributed by atoms with Crippen LogP contribution in [0.2, 0.25) is 0 Å². The molecule has 3 heteroatoms. The lowest BCUT2D eigenvalue weighted by atomic mass is 9.68. The maximum atomic E-state index is 10.1. The Morgan fingerprint density at radius 2 is 1.65 bits per heavy atom. The van der Waals surface area contributed by atoms with E-state index in [1.807, 2.05) is 0 Å². The topological polar surface area (TPSA) is 60.7 Å². The van der Waals surface area contributed by atoms with Crippen molar-refractivity contribution < 1.29 is 15.3 Å². The molecule has 0 aliphatic heterocycles. The minimum atomic E-state index is -1.27. The van der Waals surface area contributed by atoms with Gasteiger partial charge in [-0.3, -0.25) is 0 Å². The number of aliphatic hydroxyl groups is 3. The zero-order chi connectivity index (χ0) is 13.9. The average Bonchev–Trinajstić information content (AvgIpc) is 3.13. The van der Waals surface area contributed by atoms with Crippen molar-refractivity contribution in [2.24, 2.45) is 41.4 Å². The van der Waals surface area contributed by atoms with E-state index in [1.165, 1.54) is 19.3 Å². The lowest BCUT2D eigenvalue weighted by molar-refractivity contribution is -0.0548. The van der Waals surface area contributed by atoms with Crippen LogP contribution in [0.1, 0.15) is 38.5 Å². The Morgan fingerprint density at radius 3 is 2.40 bits per heavy atom. The minimum absolute atomic E-state index is 0.293. The molecule has 0 aromatic rings. The molecule has 112 valence electrons. The van der Waals surface area contributed by atoms with Crippen LogP contribution >= 0.6 is 0 Å². The highest BCUT2D eigenvalue weighted by atomic mass is 16.5. The van der Waals surface area contributed by atoms with Gasteiger partial charge in [0.1, 0.15) is 0 Å². The van der Waals surface area contributed by atoms with Gasteiger partial charge in [0.2, 0.25) is 0 Å². The molecule has 4 aliphatic rings. The first-order valence-electron chi connectivity index (χ1n) is 8.36. The molecular weight excluding hydrogens is 252 g/mol. The first-order chi connectivity index (χ1) is 9.63. The normalized spacial score (nSPS) is 49.3. The summed E-state index contributed by atoms with van der Waals surface area (Å²) in [5, 5.41) is 27.9. The largest absolute Gasteiger partial charge is 0.393 e. The summed E-state index contributed by atoms with van der Waals surface area (Å²) in [5.74, 6) is 5.99. The van der Waals surface area contributed by atoms with Gasteiger partial charge in [0.25, 0.3) is 0 Å². The number of hydrogen-bond acceptors (Lipinski definition) is 3. The lowest BCUT2D eigenvalue weighted by Gasteiger charge is -2.37. The Morgan fingerprint density at radius 1 is 0.900 bits per heavy atom. The van der Waals surface area contributed by atoms with Crippen LogP contribution in [0.25, 0.3) is 0 Å². The minimum Gasteiger partial charge on any atom is -0.393 e. The van der Waals surface area contributed by atoms with Gasteiger partial charge in [0.05, 0.1) is 6.10 Å². The Hall–Kier alpha value is -0.380. The molecule has 0 aromatic carbocycles. The molecule has 3 N–H and O–H groups in total. The van der Waals surface area contributed by atoms with E-state index < -0.39 is 6.29 Å². The van der Waals surface area contributed by atoms with E-state index in [0.717, 1.165) is 41.9 Å². The Kier molecular flexibility index (Phi) is 3.21. The summed E-state index contributed by atoms with van der Waals surface area (Å²) in [6.07, 6.45) is 9.09. The van der Waals surface area contributed by atoms with Crippen LogP contribution in [0, 0.1) is 41.4 Å². The molecule has 0 spiro atoms. The highest BCUT2D eigenvalue weighted by Crippen LogP contribution is 2.67. The van der Waals surface area contributed by atoms with Crippen molar-refractivity contribution in [1.29, 1.82) is 0 Å². The van der Waals surface area contributed by atoms with Crippen LogP contribution in [-0.4, -0.2) is 27.7 Å². The van der Waals surface area contributed by atoms with Gasteiger partial charge in [-0.1, -0.05) is 12.2 Å². The molecule has 3 saturated carbocycles. The maximum Gasteiger partial charge on any atom is 0.151 e. The summed E-state index contributed by atoms with van der Waals surface area (Å²) >= 11 is 0. The molecule has 4 bridgehead atoms. The van der Waals surface area contributed by atoms with Crippen molar-refractivity contribution in [3.05, 3.63) is 12.2 Å². The molecule has 0 radical (unpaired) electrons. The van der Waals surface area contributed by atoms with Gasteiger partial charge in [0, 0.05) is 6.42 Å². The van der Waals surface area contributed by atoms with Crippen LogP contribution < -0.4 is 0 Å². The molecule has 0 heterocycles.